The Bertz CT molecular complexity index is 615. The second-order valence-electron chi connectivity index (χ2n) is 4.48. The van der Waals surface area contributed by atoms with Gasteiger partial charge in [0.15, 0.2) is 0 Å². The first-order chi connectivity index (χ1) is 11.0. The van der Waals surface area contributed by atoms with E-state index in [-0.39, 0.29) is 12.0 Å². The monoisotopic (exact) mass is 327 g/mol. The van der Waals surface area contributed by atoms with Crippen molar-refractivity contribution in [1.29, 1.82) is 0 Å². The van der Waals surface area contributed by atoms with Crippen LogP contribution in [0.2, 0.25) is 0 Å². The smallest absolute Gasteiger partial charge is 0.393 e. The van der Waals surface area contributed by atoms with Crippen LogP contribution >= 0.6 is 0 Å². The number of ether oxygens (including phenoxy) is 1. The molecule has 2 N–H and O–H groups in total. The molecule has 10 heteroatoms. The summed E-state index contributed by atoms with van der Waals surface area (Å²) in [6.07, 6.45) is -3.71. The maximum absolute atomic E-state index is 12.4. The summed E-state index contributed by atoms with van der Waals surface area (Å²) < 4.78 is 80.8. The Balaban J connectivity index is 1.97. The van der Waals surface area contributed by atoms with Crippen LogP contribution in [0.3, 0.4) is 0 Å². The van der Waals surface area contributed by atoms with Crippen molar-refractivity contribution < 1.29 is 34.2 Å². The highest BCUT2D eigenvalue weighted by Crippen LogP contribution is 2.44. The van der Waals surface area contributed by atoms with Crippen LogP contribution in [-0.2, 0) is 6.50 Å². The fourth-order valence-corrected chi connectivity index (χ4v) is 1.69. The number of rotatable bonds is 5. The van der Waals surface area contributed by atoms with Gasteiger partial charge in [0.2, 0.25) is 5.88 Å². The van der Waals surface area contributed by atoms with E-state index < -0.39 is 43.2 Å². The van der Waals surface area contributed by atoms with Crippen LogP contribution in [0.25, 0.3) is 0 Å². The fourth-order valence-electron chi connectivity index (χ4n) is 1.69. The number of hydrogen-bond acceptors (Lipinski definition) is 3. The summed E-state index contributed by atoms with van der Waals surface area (Å²) in [5.41, 5.74) is -0.258. The van der Waals surface area contributed by atoms with Crippen LogP contribution in [0.15, 0.2) is 18.3 Å². The first kappa shape index (κ1) is 13.5. The molecule has 1 saturated carbocycles. The van der Waals surface area contributed by atoms with Gasteiger partial charge in [-0.2, -0.15) is 22.0 Å². The Kier molecular flexibility index (Phi) is 3.89. The third kappa shape index (κ3) is 4.71. The van der Waals surface area contributed by atoms with E-state index in [1.165, 1.54) is 0 Å². The molecular formula is C12H12F5N3O2. The number of urea groups is 1. The molecule has 122 valence electrons. The molecule has 1 fully saturated rings. The molecule has 5 nitrogen and oxygen atoms in total. The summed E-state index contributed by atoms with van der Waals surface area (Å²) >= 11 is 0. The Hall–Kier alpha value is -2.13. The molecule has 1 aliphatic carbocycles. The van der Waals surface area contributed by atoms with Crippen LogP contribution in [0.4, 0.5) is 26.7 Å². The molecule has 1 aromatic rings. The minimum atomic E-state index is -4.43. The van der Waals surface area contributed by atoms with E-state index in [0.29, 0.717) is 0 Å². The highest BCUT2D eigenvalue weighted by atomic mass is 19.4. The predicted molar refractivity (Wildman–Crippen MR) is 64.2 cm³/mol. The van der Waals surface area contributed by atoms with Crippen molar-refractivity contribution in [2.24, 2.45) is 5.92 Å². The molecule has 1 aromatic heterocycles. The van der Waals surface area contributed by atoms with Crippen LogP contribution < -0.4 is 15.4 Å². The molecule has 0 unspecified atom stereocenters. The molecule has 0 bridgehead atoms. The highest BCUT2D eigenvalue weighted by Gasteiger charge is 2.56. The molecule has 0 spiro atoms. The number of pyridine rings is 1. The van der Waals surface area contributed by atoms with E-state index in [9.17, 15) is 26.7 Å². The minimum Gasteiger partial charge on any atom is -0.417 e. The topological polar surface area (TPSA) is 63.2 Å². The zero-order chi connectivity index (χ0) is 18.1. The van der Waals surface area contributed by atoms with Gasteiger partial charge in [-0.05, 0) is 18.1 Å². The van der Waals surface area contributed by atoms with E-state index in [2.05, 4.69) is 9.72 Å². The third-order valence-corrected chi connectivity index (χ3v) is 2.79. The molecule has 0 radical (unpaired) electrons. The number of hydrogen-bond donors (Lipinski definition) is 2. The Morgan fingerprint density at radius 2 is 2.27 bits per heavy atom. The van der Waals surface area contributed by atoms with E-state index in [4.69, 9.17) is 2.74 Å². The van der Waals surface area contributed by atoms with Crippen molar-refractivity contribution in [3.63, 3.8) is 0 Å². The van der Waals surface area contributed by atoms with Crippen molar-refractivity contribution in [3.8, 4) is 5.88 Å². The van der Waals surface area contributed by atoms with Gasteiger partial charge in [-0.15, -0.1) is 0 Å². The van der Waals surface area contributed by atoms with Crippen molar-refractivity contribution in [3.05, 3.63) is 23.9 Å². The quantitative estimate of drug-likeness (QED) is 0.817. The average Bonchev–Trinajstić information content (AvgIpc) is 3.16. The van der Waals surface area contributed by atoms with Crippen LogP contribution in [0, 0.1) is 5.92 Å². The van der Waals surface area contributed by atoms with Crippen LogP contribution in [0.5, 0.6) is 5.88 Å². The van der Waals surface area contributed by atoms with Gasteiger partial charge < -0.3 is 15.4 Å². The van der Waals surface area contributed by atoms with E-state index in [1.54, 1.807) is 0 Å². The number of carbonyl (C=O) groups excluding carboxylic acids is 1. The normalized spacial score (nSPS) is 22.6. The van der Waals surface area contributed by atoms with Gasteiger partial charge in [0.1, 0.15) is 0 Å². The number of aromatic nitrogens is 1. The molecule has 1 heterocycles. The standard InChI is InChI=1S/C12H12F5N3O2/c13-10(14)22-9-3-6(1-2-18-9)5-19-11(21)20-8-4-7(8)12(15,16)17/h1-3,7-8,10H,4-5H2,(H2,19,20,21)/t7-,8-/m1/s1/i5D2. The lowest BCUT2D eigenvalue weighted by atomic mass is 10.2. The SMILES string of the molecule is [2H]C([2H])(NC(=O)N[C@@H]1C[C@H]1C(F)(F)F)c1ccnc(OC(F)F)c1. The molecule has 2 atom stereocenters. The maximum atomic E-state index is 12.4. The number of amides is 2. The fraction of sp³-hybridized carbons (Fsp3) is 0.500. The summed E-state index contributed by atoms with van der Waals surface area (Å²) in [6, 6.07) is -0.308. The Morgan fingerprint density at radius 3 is 2.86 bits per heavy atom. The molecule has 0 aliphatic heterocycles. The molecule has 1 aliphatic rings. The molecule has 2 rings (SSSR count). The van der Waals surface area contributed by atoms with E-state index in [1.807, 2.05) is 10.6 Å². The van der Waals surface area contributed by atoms with Gasteiger partial charge >= 0.3 is 18.8 Å². The van der Waals surface area contributed by atoms with Crippen molar-refractivity contribution in [1.82, 2.24) is 15.6 Å². The Morgan fingerprint density at radius 1 is 1.55 bits per heavy atom. The van der Waals surface area contributed by atoms with Crippen LogP contribution in [-0.4, -0.2) is 29.8 Å². The molecule has 2 amide bonds. The second-order valence-corrected chi connectivity index (χ2v) is 4.48. The largest absolute Gasteiger partial charge is 0.417 e. The van der Waals surface area contributed by atoms with Gasteiger partial charge in [0, 0.05) is 24.8 Å². The highest BCUT2D eigenvalue weighted by molar-refractivity contribution is 5.74. The average molecular weight is 327 g/mol. The third-order valence-electron chi connectivity index (χ3n) is 2.79. The van der Waals surface area contributed by atoms with Gasteiger partial charge in [-0.25, -0.2) is 9.78 Å². The lowest BCUT2D eigenvalue weighted by Crippen LogP contribution is -2.38. The van der Waals surface area contributed by atoms with Gasteiger partial charge in [-0.1, -0.05) is 0 Å². The lowest BCUT2D eigenvalue weighted by Gasteiger charge is -2.09. The number of alkyl halides is 5. The summed E-state index contributed by atoms with van der Waals surface area (Å²) in [6.45, 7) is -5.69. The van der Waals surface area contributed by atoms with Gasteiger partial charge in [0.25, 0.3) is 0 Å². The van der Waals surface area contributed by atoms with Crippen molar-refractivity contribution in [2.45, 2.75) is 31.7 Å². The minimum absolute atomic E-state index is 0.258. The Labute approximate surface area is 124 Å². The van der Waals surface area contributed by atoms with E-state index in [0.717, 1.165) is 18.3 Å². The molecular weight excluding hydrogens is 313 g/mol. The van der Waals surface area contributed by atoms with Gasteiger partial charge in [-0.3, -0.25) is 0 Å². The van der Waals surface area contributed by atoms with Crippen LogP contribution in [0.1, 0.15) is 14.7 Å². The number of nitrogens with zero attached hydrogens (tertiary/aromatic N) is 1. The molecule has 22 heavy (non-hydrogen) atoms. The number of nitrogens with one attached hydrogen (secondary N) is 2. The number of halogens is 5. The van der Waals surface area contributed by atoms with E-state index >= 15 is 0 Å². The van der Waals surface area contributed by atoms with Crippen molar-refractivity contribution in [2.75, 3.05) is 0 Å². The summed E-state index contributed by atoms with van der Waals surface area (Å²) in [5.74, 6) is -2.21. The summed E-state index contributed by atoms with van der Waals surface area (Å²) in [5, 5.41) is 3.85. The predicted octanol–water partition coefficient (Wildman–Crippen LogP) is 2.43. The molecule has 0 aromatic carbocycles. The maximum Gasteiger partial charge on any atom is 0.393 e. The van der Waals surface area contributed by atoms with Crippen molar-refractivity contribution >= 4 is 6.03 Å². The lowest BCUT2D eigenvalue weighted by molar-refractivity contribution is -0.148. The number of carbonyl (C=O) groups is 1. The first-order valence-electron chi connectivity index (χ1n) is 7.06. The first-order valence-corrected chi connectivity index (χ1v) is 6.06. The zero-order valence-electron chi connectivity index (χ0n) is 12.8. The second kappa shape index (κ2) is 6.32. The van der Waals surface area contributed by atoms with Gasteiger partial charge in [0.05, 0.1) is 8.66 Å². The summed E-state index contributed by atoms with van der Waals surface area (Å²) in [4.78, 5) is 15.1. The zero-order valence-corrected chi connectivity index (χ0v) is 10.8. The summed E-state index contributed by atoms with van der Waals surface area (Å²) in [7, 11) is 0. The molecule has 0 saturated heterocycles.